The van der Waals surface area contributed by atoms with E-state index in [1.165, 1.54) is 0 Å². The minimum absolute atomic E-state index is 0.0850. The van der Waals surface area contributed by atoms with Gasteiger partial charge in [0.15, 0.2) is 18.1 Å². The summed E-state index contributed by atoms with van der Waals surface area (Å²) in [5.41, 5.74) is 0.709. The first-order valence-corrected chi connectivity index (χ1v) is 7.99. The van der Waals surface area contributed by atoms with E-state index in [1.54, 1.807) is 50.6 Å². The van der Waals surface area contributed by atoms with Crippen LogP contribution in [-0.4, -0.2) is 24.4 Å². The summed E-state index contributed by atoms with van der Waals surface area (Å²) in [6.07, 6.45) is 0. The zero-order chi connectivity index (χ0) is 17.8. The van der Waals surface area contributed by atoms with E-state index >= 15 is 0 Å². The van der Waals surface area contributed by atoms with Crippen molar-refractivity contribution < 1.29 is 18.6 Å². The summed E-state index contributed by atoms with van der Waals surface area (Å²) < 4.78 is 21.7. The van der Waals surface area contributed by atoms with E-state index in [1.807, 2.05) is 0 Å². The molecular weight excluding hydrogens is 367 g/mol. The number of aromatic nitrogens is 2. The van der Waals surface area contributed by atoms with Gasteiger partial charge in [0, 0.05) is 10.6 Å². The Bertz CT molecular complexity index is 883. The van der Waals surface area contributed by atoms with Gasteiger partial charge in [-0.25, -0.2) is 0 Å². The monoisotopic (exact) mass is 380 g/mol. The molecule has 0 spiro atoms. The normalized spacial score (nSPS) is 10.6. The number of halogens is 2. The van der Waals surface area contributed by atoms with Gasteiger partial charge in [-0.3, -0.25) is 0 Å². The first-order chi connectivity index (χ1) is 12.1. The molecule has 0 radical (unpaired) electrons. The van der Waals surface area contributed by atoms with Crippen molar-refractivity contribution in [3.63, 3.8) is 0 Å². The molecule has 130 valence electrons. The highest BCUT2D eigenvalue weighted by atomic mass is 35.5. The quantitative estimate of drug-likeness (QED) is 0.620. The van der Waals surface area contributed by atoms with Gasteiger partial charge in [0.25, 0.3) is 5.89 Å². The standard InChI is InChI=1S/C17H14Cl2N2O4/c1-22-14-5-3-10(7-15(14)23-2)17-21-20-16(25-17)9-24-13-6-4-11(18)8-12(13)19/h3-8H,9H2,1-2H3. The zero-order valence-corrected chi connectivity index (χ0v) is 15.0. The summed E-state index contributed by atoms with van der Waals surface area (Å²) in [5, 5.41) is 8.93. The minimum atomic E-state index is 0.0850. The molecule has 0 saturated heterocycles. The number of ether oxygens (including phenoxy) is 3. The first-order valence-electron chi connectivity index (χ1n) is 7.23. The molecule has 0 aliphatic carbocycles. The van der Waals surface area contributed by atoms with Crippen LogP contribution in [0.1, 0.15) is 5.89 Å². The van der Waals surface area contributed by atoms with Crippen LogP contribution in [0, 0.1) is 0 Å². The Morgan fingerprint density at radius 1 is 0.920 bits per heavy atom. The van der Waals surface area contributed by atoms with E-state index in [0.29, 0.717) is 44.6 Å². The molecule has 3 rings (SSSR count). The summed E-state index contributed by atoms with van der Waals surface area (Å²) in [5.74, 6) is 2.34. The van der Waals surface area contributed by atoms with Crippen LogP contribution in [-0.2, 0) is 6.61 Å². The van der Waals surface area contributed by atoms with Gasteiger partial charge in [-0.1, -0.05) is 23.2 Å². The molecular formula is C17H14Cl2N2O4. The van der Waals surface area contributed by atoms with Crippen LogP contribution in [0.15, 0.2) is 40.8 Å². The van der Waals surface area contributed by atoms with Gasteiger partial charge in [-0.15, -0.1) is 10.2 Å². The highest BCUT2D eigenvalue weighted by Crippen LogP contribution is 2.32. The van der Waals surface area contributed by atoms with E-state index in [0.717, 1.165) is 0 Å². The van der Waals surface area contributed by atoms with Crippen molar-refractivity contribution in [2.45, 2.75) is 6.61 Å². The molecule has 8 heteroatoms. The predicted molar refractivity (Wildman–Crippen MR) is 93.6 cm³/mol. The maximum absolute atomic E-state index is 6.06. The molecule has 6 nitrogen and oxygen atoms in total. The smallest absolute Gasteiger partial charge is 0.254 e. The molecule has 0 aliphatic heterocycles. The third kappa shape index (κ3) is 3.97. The Balaban J connectivity index is 1.74. The van der Waals surface area contributed by atoms with Crippen molar-refractivity contribution in [2.75, 3.05) is 14.2 Å². The van der Waals surface area contributed by atoms with E-state index in [2.05, 4.69) is 10.2 Å². The second-order valence-electron chi connectivity index (χ2n) is 4.93. The Morgan fingerprint density at radius 3 is 2.40 bits per heavy atom. The average molecular weight is 381 g/mol. The van der Waals surface area contributed by atoms with Crippen LogP contribution < -0.4 is 14.2 Å². The molecule has 0 saturated carbocycles. The van der Waals surface area contributed by atoms with Gasteiger partial charge >= 0.3 is 0 Å². The Kier molecular flexibility index (Phi) is 5.31. The molecule has 3 aromatic rings. The molecule has 0 bridgehead atoms. The lowest BCUT2D eigenvalue weighted by Gasteiger charge is -2.07. The van der Waals surface area contributed by atoms with E-state index < -0.39 is 0 Å². The molecule has 1 heterocycles. The highest BCUT2D eigenvalue weighted by Gasteiger charge is 2.13. The maximum Gasteiger partial charge on any atom is 0.254 e. The SMILES string of the molecule is COc1ccc(-c2nnc(COc3ccc(Cl)cc3Cl)o2)cc1OC. The van der Waals surface area contributed by atoms with Gasteiger partial charge in [-0.05, 0) is 36.4 Å². The van der Waals surface area contributed by atoms with Crippen LogP contribution >= 0.6 is 23.2 Å². The topological polar surface area (TPSA) is 66.6 Å². The van der Waals surface area contributed by atoms with Gasteiger partial charge in [0.05, 0.1) is 19.2 Å². The van der Waals surface area contributed by atoms with Crippen molar-refractivity contribution in [1.82, 2.24) is 10.2 Å². The maximum atomic E-state index is 6.06. The van der Waals surface area contributed by atoms with Crippen LogP contribution in [0.2, 0.25) is 10.0 Å². The van der Waals surface area contributed by atoms with E-state index in [-0.39, 0.29) is 6.61 Å². The highest BCUT2D eigenvalue weighted by molar-refractivity contribution is 6.35. The predicted octanol–water partition coefficient (Wildman–Crippen LogP) is 4.64. The molecule has 0 amide bonds. The Labute approximate surface area is 154 Å². The molecule has 0 atom stereocenters. The lowest BCUT2D eigenvalue weighted by Crippen LogP contribution is -1.96. The lowest BCUT2D eigenvalue weighted by atomic mass is 10.2. The van der Waals surface area contributed by atoms with Crippen LogP contribution in [0.4, 0.5) is 0 Å². The third-order valence-corrected chi connectivity index (χ3v) is 3.87. The molecule has 0 unspecified atom stereocenters. The van der Waals surface area contributed by atoms with Crippen molar-refractivity contribution in [1.29, 1.82) is 0 Å². The number of methoxy groups -OCH3 is 2. The summed E-state index contributed by atoms with van der Waals surface area (Å²) in [6, 6.07) is 10.3. The summed E-state index contributed by atoms with van der Waals surface area (Å²) in [4.78, 5) is 0. The van der Waals surface area contributed by atoms with Gasteiger partial charge in [0.1, 0.15) is 5.75 Å². The zero-order valence-electron chi connectivity index (χ0n) is 13.5. The summed E-state index contributed by atoms with van der Waals surface area (Å²) >= 11 is 11.9. The fourth-order valence-corrected chi connectivity index (χ4v) is 2.59. The summed E-state index contributed by atoms with van der Waals surface area (Å²) in [7, 11) is 3.13. The van der Waals surface area contributed by atoms with E-state index in [4.69, 9.17) is 41.8 Å². The third-order valence-electron chi connectivity index (χ3n) is 3.34. The molecule has 0 aliphatic rings. The minimum Gasteiger partial charge on any atom is -0.493 e. The van der Waals surface area contributed by atoms with Crippen molar-refractivity contribution in [3.8, 4) is 28.7 Å². The van der Waals surface area contributed by atoms with Gasteiger partial charge < -0.3 is 18.6 Å². The molecule has 25 heavy (non-hydrogen) atoms. The molecule has 1 aromatic heterocycles. The molecule has 2 aromatic carbocycles. The van der Waals surface area contributed by atoms with E-state index in [9.17, 15) is 0 Å². The van der Waals surface area contributed by atoms with Gasteiger partial charge in [-0.2, -0.15) is 0 Å². The molecule has 0 fully saturated rings. The Hall–Kier alpha value is -2.44. The van der Waals surface area contributed by atoms with Crippen molar-refractivity contribution >= 4 is 23.2 Å². The number of rotatable bonds is 6. The number of hydrogen-bond donors (Lipinski definition) is 0. The number of nitrogens with zero attached hydrogens (tertiary/aromatic N) is 2. The fourth-order valence-electron chi connectivity index (χ4n) is 2.13. The lowest BCUT2D eigenvalue weighted by molar-refractivity contribution is 0.264. The first kappa shape index (κ1) is 17.4. The largest absolute Gasteiger partial charge is 0.493 e. The van der Waals surface area contributed by atoms with Crippen LogP contribution in [0.25, 0.3) is 11.5 Å². The number of hydrogen-bond acceptors (Lipinski definition) is 6. The van der Waals surface area contributed by atoms with Crippen molar-refractivity contribution in [2.24, 2.45) is 0 Å². The van der Waals surface area contributed by atoms with Crippen LogP contribution in [0.3, 0.4) is 0 Å². The summed E-state index contributed by atoms with van der Waals surface area (Å²) in [6.45, 7) is 0.0850. The van der Waals surface area contributed by atoms with Gasteiger partial charge in [0.2, 0.25) is 5.89 Å². The van der Waals surface area contributed by atoms with Crippen molar-refractivity contribution in [3.05, 3.63) is 52.3 Å². The van der Waals surface area contributed by atoms with Crippen LogP contribution in [0.5, 0.6) is 17.2 Å². The second kappa shape index (κ2) is 7.63. The number of benzene rings is 2. The molecule has 0 N–H and O–H groups in total. The second-order valence-corrected chi connectivity index (χ2v) is 5.78. The Morgan fingerprint density at radius 2 is 1.68 bits per heavy atom. The fraction of sp³-hybridized carbons (Fsp3) is 0.176. The average Bonchev–Trinajstić information content (AvgIpc) is 3.09.